The molecule has 0 amide bonds. The van der Waals surface area contributed by atoms with Crippen molar-refractivity contribution in [2.24, 2.45) is 11.8 Å². The second-order valence-electron chi connectivity index (χ2n) is 16.6. The highest BCUT2D eigenvalue weighted by Gasteiger charge is 2.38. The fraction of sp³-hybridized carbons (Fsp3) is 0.148. The molecule has 0 spiro atoms. The van der Waals surface area contributed by atoms with Crippen LogP contribution in [0.1, 0.15) is 37.5 Å². The van der Waals surface area contributed by atoms with E-state index in [0.29, 0.717) is 5.92 Å². The Bertz CT molecular complexity index is 3160. The molecule has 3 atom stereocenters. The van der Waals surface area contributed by atoms with Crippen molar-refractivity contribution in [1.82, 2.24) is 4.57 Å². The summed E-state index contributed by atoms with van der Waals surface area (Å²) >= 11 is 0. The molecule has 0 radical (unpaired) electrons. The summed E-state index contributed by atoms with van der Waals surface area (Å²) in [5.41, 5.74) is 14.1. The maximum absolute atomic E-state index is 2.56. The molecule has 56 heavy (non-hydrogen) atoms. The summed E-state index contributed by atoms with van der Waals surface area (Å²) in [4.78, 5) is 2.56. The lowest BCUT2D eigenvalue weighted by molar-refractivity contribution is 0.607. The van der Waals surface area contributed by atoms with Gasteiger partial charge in [-0.25, -0.2) is 0 Å². The number of hydrogen-bond acceptors (Lipinski definition) is 1. The first kappa shape index (κ1) is 33.0. The van der Waals surface area contributed by atoms with Gasteiger partial charge in [0.2, 0.25) is 0 Å². The van der Waals surface area contributed by atoms with Crippen LogP contribution in [-0.2, 0) is 5.41 Å². The average molecular weight is 721 g/mol. The Morgan fingerprint density at radius 2 is 1.39 bits per heavy atom. The third-order valence-electron chi connectivity index (χ3n) is 13.0. The Morgan fingerprint density at radius 1 is 0.607 bits per heavy atom. The molecule has 0 aliphatic heterocycles. The number of para-hydroxylation sites is 2. The monoisotopic (exact) mass is 720 g/mol. The quantitative estimate of drug-likeness (QED) is 0.176. The van der Waals surface area contributed by atoms with Gasteiger partial charge in [0.25, 0.3) is 0 Å². The van der Waals surface area contributed by atoms with E-state index in [1.54, 1.807) is 0 Å². The van der Waals surface area contributed by atoms with Gasteiger partial charge in [0.1, 0.15) is 0 Å². The lowest BCUT2D eigenvalue weighted by atomic mass is 9.82. The van der Waals surface area contributed by atoms with E-state index in [4.69, 9.17) is 0 Å². The van der Waals surface area contributed by atoms with Crippen molar-refractivity contribution in [3.8, 4) is 16.8 Å². The number of aryl methyl sites for hydroxylation is 1. The Kier molecular flexibility index (Phi) is 7.26. The summed E-state index contributed by atoms with van der Waals surface area (Å²) in [5, 5.41) is 7.76. The minimum atomic E-state index is -0.197. The first-order chi connectivity index (χ1) is 27.4. The van der Waals surface area contributed by atoms with Crippen LogP contribution in [0.3, 0.4) is 0 Å². The Morgan fingerprint density at radius 3 is 2.29 bits per heavy atom. The number of allylic oxidation sites excluding steroid dienone is 6. The highest BCUT2D eigenvalue weighted by Crippen LogP contribution is 2.52. The van der Waals surface area contributed by atoms with E-state index in [1.807, 2.05) is 0 Å². The molecule has 6 aromatic carbocycles. The van der Waals surface area contributed by atoms with Crippen LogP contribution in [0, 0.1) is 29.2 Å². The zero-order valence-corrected chi connectivity index (χ0v) is 32.4. The smallest absolute Gasteiger partial charge is 0.0585 e. The lowest BCUT2D eigenvalue weighted by Crippen LogP contribution is -2.35. The molecule has 1 heterocycles. The highest BCUT2D eigenvalue weighted by atomic mass is 15.2. The van der Waals surface area contributed by atoms with Crippen molar-refractivity contribution in [1.29, 1.82) is 0 Å². The fourth-order valence-electron chi connectivity index (χ4n) is 10.1. The van der Waals surface area contributed by atoms with Crippen LogP contribution in [0.5, 0.6) is 0 Å². The van der Waals surface area contributed by atoms with Crippen LogP contribution < -0.4 is 15.3 Å². The van der Waals surface area contributed by atoms with Gasteiger partial charge >= 0.3 is 0 Å². The van der Waals surface area contributed by atoms with Crippen molar-refractivity contribution in [3.63, 3.8) is 0 Å². The van der Waals surface area contributed by atoms with Gasteiger partial charge < -0.3 is 9.47 Å². The summed E-state index contributed by atoms with van der Waals surface area (Å²) < 4.78 is 2.51. The number of fused-ring (bicyclic) bond motifs is 9. The SMILES string of the molecule is Cc1ccccc1N(c1ccc2c(c1)C(C)(C)c1cc3c(cc1-2)c1ccccc1n3-c1ccc2c(c1)=C1C=CC=CC1C=c1ccccc1=2)C1C=CC=CC1C. The van der Waals surface area contributed by atoms with Crippen molar-refractivity contribution in [2.75, 3.05) is 4.90 Å². The van der Waals surface area contributed by atoms with Crippen molar-refractivity contribution in [2.45, 2.75) is 39.2 Å². The average Bonchev–Trinajstić information content (AvgIpc) is 3.60. The van der Waals surface area contributed by atoms with E-state index in [-0.39, 0.29) is 17.4 Å². The summed E-state index contributed by atoms with van der Waals surface area (Å²) in [5.74, 6) is 0.613. The van der Waals surface area contributed by atoms with Crippen molar-refractivity contribution >= 4 is 44.8 Å². The lowest BCUT2D eigenvalue weighted by Gasteiger charge is -2.37. The van der Waals surface area contributed by atoms with Crippen LogP contribution in [0.25, 0.3) is 50.3 Å². The first-order valence-electron chi connectivity index (χ1n) is 20.1. The van der Waals surface area contributed by atoms with Crippen LogP contribution in [0.2, 0.25) is 0 Å². The molecule has 270 valence electrons. The molecule has 0 bridgehead atoms. The Hall–Kier alpha value is -6.38. The Labute approximate surface area is 328 Å². The van der Waals surface area contributed by atoms with E-state index in [1.165, 1.54) is 93.1 Å². The number of hydrogen-bond donors (Lipinski definition) is 0. The molecular weight excluding hydrogens is 677 g/mol. The van der Waals surface area contributed by atoms with E-state index in [9.17, 15) is 0 Å². The zero-order valence-electron chi connectivity index (χ0n) is 32.4. The number of aromatic nitrogens is 1. The van der Waals surface area contributed by atoms with Crippen LogP contribution in [0.4, 0.5) is 11.4 Å². The maximum atomic E-state index is 2.56. The molecule has 7 aromatic rings. The normalized spacial score (nSPS) is 19.6. The molecule has 4 aliphatic rings. The van der Waals surface area contributed by atoms with E-state index >= 15 is 0 Å². The molecule has 0 saturated heterocycles. The summed E-state index contributed by atoms with van der Waals surface area (Å²) in [6.07, 6.45) is 20.5. The van der Waals surface area contributed by atoms with Gasteiger partial charge in [0.05, 0.1) is 17.1 Å². The van der Waals surface area contributed by atoms with E-state index in [2.05, 4.69) is 213 Å². The number of anilines is 2. The molecule has 2 nitrogen and oxygen atoms in total. The first-order valence-corrected chi connectivity index (χ1v) is 20.1. The predicted molar refractivity (Wildman–Crippen MR) is 236 cm³/mol. The second kappa shape index (κ2) is 12.3. The molecule has 1 aromatic heterocycles. The minimum absolute atomic E-state index is 0.197. The molecule has 3 unspecified atom stereocenters. The molecule has 2 heteroatoms. The Balaban J connectivity index is 1.12. The van der Waals surface area contributed by atoms with Gasteiger partial charge in [0.15, 0.2) is 0 Å². The van der Waals surface area contributed by atoms with Gasteiger partial charge in [-0.05, 0) is 116 Å². The van der Waals surface area contributed by atoms with Gasteiger partial charge in [-0.3, -0.25) is 0 Å². The van der Waals surface area contributed by atoms with Crippen LogP contribution >= 0.6 is 0 Å². The maximum Gasteiger partial charge on any atom is 0.0585 e. The molecule has 0 saturated carbocycles. The zero-order chi connectivity index (χ0) is 37.7. The second-order valence-corrected chi connectivity index (χ2v) is 16.6. The van der Waals surface area contributed by atoms with Gasteiger partial charge in [-0.2, -0.15) is 0 Å². The number of rotatable bonds is 4. The molecule has 4 aliphatic carbocycles. The third kappa shape index (κ3) is 4.81. The molecule has 0 N–H and O–H groups in total. The molecule has 0 fully saturated rings. The summed E-state index contributed by atoms with van der Waals surface area (Å²) in [6.45, 7) is 9.39. The molecular formula is C54H44N2. The van der Waals surface area contributed by atoms with E-state index in [0.717, 1.165) is 0 Å². The van der Waals surface area contributed by atoms with Crippen molar-refractivity contribution < 1.29 is 0 Å². The largest absolute Gasteiger partial charge is 0.334 e. The van der Waals surface area contributed by atoms with Crippen molar-refractivity contribution in [3.05, 3.63) is 208 Å². The topological polar surface area (TPSA) is 8.17 Å². The van der Waals surface area contributed by atoms with Crippen LogP contribution in [0.15, 0.2) is 170 Å². The number of nitrogens with zero attached hydrogens (tertiary/aromatic N) is 2. The van der Waals surface area contributed by atoms with Gasteiger partial charge in [-0.1, -0.05) is 148 Å². The predicted octanol–water partition coefficient (Wildman–Crippen LogP) is 11.6. The standard InChI is InChI=1S/C54H44N2/c1-34-15-5-12-22-50(34)55(51-23-13-6-16-35(51)2)39-26-28-43-46-32-47-44-21-11-14-24-52(44)56(53(47)33-49(46)54(3,4)48(43)31-39)38-25-27-42-40-19-9-7-17-36(40)29-37-18-8-10-20-41(37)45(42)30-38/h5-34,37,50H,1-4H3. The summed E-state index contributed by atoms with van der Waals surface area (Å²) in [7, 11) is 0. The number of benzene rings is 6. The van der Waals surface area contributed by atoms with E-state index < -0.39 is 0 Å². The van der Waals surface area contributed by atoms with Gasteiger partial charge in [-0.15, -0.1) is 0 Å². The van der Waals surface area contributed by atoms with Gasteiger partial charge in [0, 0.05) is 39.2 Å². The van der Waals surface area contributed by atoms with Crippen LogP contribution in [-0.4, -0.2) is 10.6 Å². The summed E-state index contributed by atoms with van der Waals surface area (Å²) in [6, 6.07) is 46.2. The minimum Gasteiger partial charge on any atom is -0.334 e. The highest BCUT2D eigenvalue weighted by molar-refractivity contribution is 6.11. The molecule has 11 rings (SSSR count). The third-order valence-corrected chi connectivity index (χ3v) is 13.0. The fourth-order valence-corrected chi connectivity index (χ4v) is 10.1.